The van der Waals surface area contributed by atoms with Crippen molar-refractivity contribution in [3.63, 3.8) is 0 Å². The van der Waals surface area contributed by atoms with Crippen molar-refractivity contribution in [1.29, 1.82) is 0 Å². The second kappa shape index (κ2) is 2.86. The molecule has 0 spiro atoms. The van der Waals surface area contributed by atoms with Crippen molar-refractivity contribution in [2.45, 2.75) is 6.67 Å². The fourth-order valence-corrected chi connectivity index (χ4v) is 1.47. The van der Waals surface area contributed by atoms with Crippen molar-refractivity contribution in [3.05, 3.63) is 28.5 Å². The van der Waals surface area contributed by atoms with E-state index in [4.69, 9.17) is 0 Å². The van der Waals surface area contributed by atoms with Crippen LogP contribution in [0, 0.1) is 0 Å². The van der Waals surface area contributed by atoms with Gasteiger partial charge >= 0.3 is 0 Å². The molecular formula is C8H6BrFN2. The van der Waals surface area contributed by atoms with Gasteiger partial charge in [0.25, 0.3) is 0 Å². The maximum absolute atomic E-state index is 12.4. The third-order valence-corrected chi connectivity index (χ3v) is 2.16. The molecule has 0 radical (unpaired) electrons. The summed E-state index contributed by atoms with van der Waals surface area (Å²) in [5.74, 6) is 0. The fourth-order valence-electron chi connectivity index (χ4n) is 1.14. The second-order valence-electron chi connectivity index (χ2n) is 2.50. The minimum Gasteiger partial charge on any atom is -0.346 e. The smallest absolute Gasteiger partial charge is 0.137 e. The lowest BCUT2D eigenvalue weighted by Crippen LogP contribution is -1.77. The number of H-pyrrole nitrogens is 1. The number of hydrogen-bond acceptors (Lipinski definition) is 1. The van der Waals surface area contributed by atoms with Crippen LogP contribution in [-0.2, 0) is 6.67 Å². The molecule has 2 aromatic heterocycles. The molecule has 0 amide bonds. The molecular weight excluding hydrogens is 223 g/mol. The molecule has 0 aliphatic carbocycles. The highest BCUT2D eigenvalue weighted by molar-refractivity contribution is 9.10. The third-order valence-electron chi connectivity index (χ3n) is 1.73. The average molecular weight is 229 g/mol. The van der Waals surface area contributed by atoms with Crippen molar-refractivity contribution < 1.29 is 4.39 Å². The summed E-state index contributed by atoms with van der Waals surface area (Å²) in [5, 5.41) is 0.840. The number of aromatic amines is 1. The summed E-state index contributed by atoms with van der Waals surface area (Å²) >= 11 is 3.28. The quantitative estimate of drug-likeness (QED) is 0.800. The van der Waals surface area contributed by atoms with Gasteiger partial charge in [0.15, 0.2) is 0 Å². The SMILES string of the molecule is FCc1c[nH]c2ncc(Br)cc12. The van der Waals surface area contributed by atoms with Gasteiger partial charge in [0.2, 0.25) is 0 Å². The van der Waals surface area contributed by atoms with Gasteiger partial charge in [-0.3, -0.25) is 0 Å². The molecule has 1 N–H and O–H groups in total. The minimum absolute atomic E-state index is 0.460. The van der Waals surface area contributed by atoms with Gasteiger partial charge in [0.1, 0.15) is 12.3 Å². The van der Waals surface area contributed by atoms with Crippen molar-refractivity contribution in [2.75, 3.05) is 0 Å². The second-order valence-corrected chi connectivity index (χ2v) is 3.41. The number of pyridine rings is 1. The van der Waals surface area contributed by atoms with Crippen LogP contribution in [0.4, 0.5) is 4.39 Å². The highest BCUT2D eigenvalue weighted by atomic mass is 79.9. The lowest BCUT2D eigenvalue weighted by Gasteiger charge is -1.92. The highest BCUT2D eigenvalue weighted by Crippen LogP contribution is 2.20. The van der Waals surface area contributed by atoms with Crippen LogP contribution in [0.15, 0.2) is 22.9 Å². The zero-order chi connectivity index (χ0) is 8.55. The van der Waals surface area contributed by atoms with Crippen molar-refractivity contribution in [1.82, 2.24) is 9.97 Å². The number of hydrogen-bond donors (Lipinski definition) is 1. The van der Waals surface area contributed by atoms with Crippen LogP contribution < -0.4 is 0 Å². The molecule has 0 aliphatic heterocycles. The summed E-state index contributed by atoms with van der Waals surface area (Å²) in [4.78, 5) is 6.97. The van der Waals surface area contributed by atoms with Gasteiger partial charge in [-0.2, -0.15) is 0 Å². The number of nitrogens with zero attached hydrogens (tertiary/aromatic N) is 1. The van der Waals surface area contributed by atoms with Crippen LogP contribution in [0.25, 0.3) is 11.0 Å². The monoisotopic (exact) mass is 228 g/mol. The topological polar surface area (TPSA) is 28.7 Å². The zero-order valence-electron chi connectivity index (χ0n) is 6.14. The Balaban J connectivity index is 2.75. The van der Waals surface area contributed by atoms with Crippen LogP contribution in [0.1, 0.15) is 5.56 Å². The van der Waals surface area contributed by atoms with Crippen LogP contribution in [0.2, 0.25) is 0 Å². The van der Waals surface area contributed by atoms with Crippen molar-refractivity contribution in [3.8, 4) is 0 Å². The Morgan fingerprint density at radius 3 is 3.17 bits per heavy atom. The van der Waals surface area contributed by atoms with Gasteiger partial charge in [0.05, 0.1) is 0 Å². The van der Waals surface area contributed by atoms with E-state index < -0.39 is 6.67 Å². The molecule has 0 aromatic carbocycles. The Morgan fingerprint density at radius 1 is 1.58 bits per heavy atom. The van der Waals surface area contributed by atoms with Gasteiger partial charge in [-0.1, -0.05) is 0 Å². The molecule has 0 saturated carbocycles. The van der Waals surface area contributed by atoms with E-state index in [1.54, 1.807) is 12.4 Å². The first-order valence-electron chi connectivity index (χ1n) is 3.48. The number of rotatable bonds is 1. The summed E-state index contributed by atoms with van der Waals surface area (Å²) in [5.41, 5.74) is 1.38. The molecule has 2 aromatic rings. The standard InChI is InChI=1S/C8H6BrFN2/c9-6-1-7-5(2-10)3-11-8(7)12-4-6/h1,3-4H,2H2,(H,11,12). The van der Waals surface area contributed by atoms with Crippen LogP contribution in [0.5, 0.6) is 0 Å². The molecule has 0 bridgehead atoms. The molecule has 2 rings (SSSR count). The zero-order valence-corrected chi connectivity index (χ0v) is 7.73. The van der Waals surface area contributed by atoms with E-state index in [1.807, 2.05) is 6.07 Å². The Kier molecular flexibility index (Phi) is 1.84. The van der Waals surface area contributed by atoms with E-state index >= 15 is 0 Å². The maximum atomic E-state index is 12.4. The van der Waals surface area contributed by atoms with Gasteiger partial charge in [-0.15, -0.1) is 0 Å². The number of nitrogens with one attached hydrogen (secondary N) is 1. The fraction of sp³-hybridized carbons (Fsp3) is 0.125. The molecule has 0 fully saturated rings. The van der Waals surface area contributed by atoms with Gasteiger partial charge in [0, 0.05) is 27.8 Å². The first kappa shape index (κ1) is 7.73. The molecule has 0 unspecified atom stereocenters. The first-order valence-corrected chi connectivity index (χ1v) is 4.28. The maximum Gasteiger partial charge on any atom is 0.137 e. The Bertz CT molecular complexity index is 410. The van der Waals surface area contributed by atoms with E-state index in [1.165, 1.54) is 0 Å². The van der Waals surface area contributed by atoms with E-state index in [0.717, 1.165) is 15.5 Å². The van der Waals surface area contributed by atoms with Crippen molar-refractivity contribution >= 4 is 27.0 Å². The number of alkyl halides is 1. The summed E-state index contributed by atoms with van der Waals surface area (Å²) < 4.78 is 13.2. The summed E-state index contributed by atoms with van der Waals surface area (Å²) in [6, 6.07) is 1.85. The third kappa shape index (κ3) is 1.12. The van der Waals surface area contributed by atoms with E-state index in [0.29, 0.717) is 5.56 Å². The number of halogens is 2. The predicted octanol–water partition coefficient (Wildman–Crippen LogP) is 2.79. The largest absolute Gasteiger partial charge is 0.346 e. The highest BCUT2D eigenvalue weighted by Gasteiger charge is 2.03. The van der Waals surface area contributed by atoms with E-state index in [9.17, 15) is 4.39 Å². The Morgan fingerprint density at radius 2 is 2.42 bits per heavy atom. The Labute approximate surface area is 76.9 Å². The van der Waals surface area contributed by atoms with Gasteiger partial charge < -0.3 is 4.98 Å². The molecule has 0 saturated heterocycles. The molecule has 4 heteroatoms. The summed E-state index contributed by atoms with van der Waals surface area (Å²) in [6.07, 6.45) is 3.32. The van der Waals surface area contributed by atoms with Crippen LogP contribution in [0.3, 0.4) is 0 Å². The van der Waals surface area contributed by atoms with Gasteiger partial charge in [-0.05, 0) is 22.0 Å². The average Bonchev–Trinajstić information content (AvgIpc) is 2.46. The molecule has 0 aliphatic rings. The summed E-state index contributed by atoms with van der Waals surface area (Å²) in [6.45, 7) is -0.460. The van der Waals surface area contributed by atoms with Crippen molar-refractivity contribution in [2.24, 2.45) is 0 Å². The van der Waals surface area contributed by atoms with Gasteiger partial charge in [-0.25, -0.2) is 9.37 Å². The lowest BCUT2D eigenvalue weighted by atomic mass is 10.2. The molecule has 12 heavy (non-hydrogen) atoms. The van der Waals surface area contributed by atoms with Crippen LogP contribution in [-0.4, -0.2) is 9.97 Å². The normalized spacial score (nSPS) is 10.8. The number of fused-ring (bicyclic) bond motifs is 1. The van der Waals surface area contributed by atoms with Crippen LogP contribution >= 0.6 is 15.9 Å². The molecule has 62 valence electrons. The number of aromatic nitrogens is 2. The van der Waals surface area contributed by atoms with E-state index in [2.05, 4.69) is 25.9 Å². The first-order chi connectivity index (χ1) is 5.81. The Hall–Kier alpha value is -0.900. The molecule has 2 nitrogen and oxygen atoms in total. The molecule has 2 heterocycles. The lowest BCUT2D eigenvalue weighted by molar-refractivity contribution is 0.488. The van der Waals surface area contributed by atoms with E-state index in [-0.39, 0.29) is 0 Å². The molecule has 0 atom stereocenters. The summed E-state index contributed by atoms with van der Waals surface area (Å²) in [7, 11) is 0. The predicted molar refractivity (Wildman–Crippen MR) is 48.6 cm³/mol. The minimum atomic E-state index is -0.460.